The first-order valence-electron chi connectivity index (χ1n) is 5.20. The molecule has 0 atom stereocenters. The van der Waals surface area contributed by atoms with Crippen LogP contribution in [0.2, 0.25) is 0 Å². The van der Waals surface area contributed by atoms with Crippen LogP contribution in [0.1, 0.15) is 16.8 Å². The van der Waals surface area contributed by atoms with Crippen molar-refractivity contribution >= 4 is 11.7 Å². The van der Waals surface area contributed by atoms with E-state index in [9.17, 15) is 14.9 Å². The number of nitrogens with zero attached hydrogens (tertiary/aromatic N) is 1. The van der Waals surface area contributed by atoms with E-state index in [4.69, 9.17) is 9.84 Å². The van der Waals surface area contributed by atoms with Crippen molar-refractivity contribution in [3.05, 3.63) is 33.9 Å². The summed E-state index contributed by atoms with van der Waals surface area (Å²) in [6.07, 6.45) is 0.347. The standard InChI is InChI=1S/C11H13NO6/c1-17-11(14)8-3-4-9(12(15)16)10(7-8)18-6-2-5-13/h3-4,7,13H,2,5-6H2,1H3. The molecule has 0 aliphatic rings. The van der Waals surface area contributed by atoms with Crippen LogP contribution in [0.5, 0.6) is 5.75 Å². The van der Waals surface area contributed by atoms with Gasteiger partial charge < -0.3 is 14.6 Å². The highest BCUT2D eigenvalue weighted by atomic mass is 16.6. The first-order chi connectivity index (χ1) is 8.60. The van der Waals surface area contributed by atoms with Crippen molar-refractivity contribution in [1.82, 2.24) is 0 Å². The van der Waals surface area contributed by atoms with Crippen LogP contribution < -0.4 is 4.74 Å². The minimum absolute atomic E-state index is 0.0173. The Morgan fingerprint density at radius 3 is 2.78 bits per heavy atom. The second-order valence-electron chi connectivity index (χ2n) is 3.36. The largest absolute Gasteiger partial charge is 0.487 e. The number of carbonyl (C=O) groups is 1. The van der Waals surface area contributed by atoms with Crippen LogP contribution in [-0.2, 0) is 4.74 Å². The van der Waals surface area contributed by atoms with Gasteiger partial charge in [0.2, 0.25) is 0 Å². The minimum Gasteiger partial charge on any atom is -0.487 e. The van der Waals surface area contributed by atoms with Gasteiger partial charge in [-0.05, 0) is 6.07 Å². The zero-order valence-electron chi connectivity index (χ0n) is 9.79. The molecule has 0 radical (unpaired) electrons. The molecule has 0 aliphatic carbocycles. The van der Waals surface area contributed by atoms with Gasteiger partial charge in [-0.2, -0.15) is 0 Å². The van der Waals surface area contributed by atoms with Crippen LogP contribution >= 0.6 is 0 Å². The number of nitro groups is 1. The van der Waals surface area contributed by atoms with Gasteiger partial charge >= 0.3 is 11.7 Å². The summed E-state index contributed by atoms with van der Waals surface area (Å²) in [7, 11) is 1.22. The molecule has 1 aromatic carbocycles. The van der Waals surface area contributed by atoms with Crippen molar-refractivity contribution < 1.29 is 24.3 Å². The summed E-state index contributed by atoms with van der Waals surface area (Å²) < 4.78 is 9.68. The van der Waals surface area contributed by atoms with E-state index in [0.717, 1.165) is 0 Å². The molecule has 7 nitrogen and oxygen atoms in total. The van der Waals surface area contributed by atoms with E-state index in [1.165, 1.54) is 25.3 Å². The number of benzene rings is 1. The topological polar surface area (TPSA) is 98.9 Å². The zero-order valence-corrected chi connectivity index (χ0v) is 9.79. The molecular formula is C11H13NO6. The summed E-state index contributed by atoms with van der Waals surface area (Å²) in [5.41, 5.74) is -0.0670. The Morgan fingerprint density at radius 1 is 1.50 bits per heavy atom. The summed E-state index contributed by atoms with van der Waals surface area (Å²) in [4.78, 5) is 21.5. The molecule has 18 heavy (non-hydrogen) atoms. The number of hydrogen-bond donors (Lipinski definition) is 1. The second kappa shape index (κ2) is 6.55. The maximum atomic E-state index is 11.3. The van der Waals surface area contributed by atoms with Gasteiger partial charge in [0, 0.05) is 25.2 Å². The molecule has 0 aromatic heterocycles. The van der Waals surface area contributed by atoms with Crippen LogP contribution in [0.25, 0.3) is 0 Å². The van der Waals surface area contributed by atoms with Gasteiger partial charge in [0.25, 0.3) is 0 Å². The molecule has 1 aromatic rings. The van der Waals surface area contributed by atoms with E-state index in [2.05, 4.69) is 4.74 Å². The predicted octanol–water partition coefficient (Wildman–Crippen LogP) is 1.14. The normalized spacial score (nSPS) is 9.89. The average molecular weight is 255 g/mol. The minimum atomic E-state index is -0.602. The molecule has 0 bridgehead atoms. The highest BCUT2D eigenvalue weighted by Crippen LogP contribution is 2.28. The number of aliphatic hydroxyl groups is 1. The number of rotatable bonds is 6. The Hall–Kier alpha value is -2.15. The van der Waals surface area contributed by atoms with Gasteiger partial charge in [-0.1, -0.05) is 0 Å². The Labute approximate surface area is 103 Å². The lowest BCUT2D eigenvalue weighted by Crippen LogP contribution is -2.05. The van der Waals surface area contributed by atoms with Crippen LogP contribution in [0.15, 0.2) is 18.2 Å². The Balaban J connectivity index is 2.99. The molecule has 7 heteroatoms. The number of methoxy groups -OCH3 is 1. The lowest BCUT2D eigenvalue weighted by Gasteiger charge is -2.07. The van der Waals surface area contributed by atoms with Crippen molar-refractivity contribution in [2.24, 2.45) is 0 Å². The summed E-state index contributed by atoms with van der Waals surface area (Å²) >= 11 is 0. The molecule has 98 valence electrons. The molecule has 0 aliphatic heterocycles. The third-order valence-corrected chi connectivity index (χ3v) is 2.14. The maximum Gasteiger partial charge on any atom is 0.337 e. The molecule has 1 rings (SSSR count). The highest BCUT2D eigenvalue weighted by Gasteiger charge is 2.18. The molecule has 0 amide bonds. The number of esters is 1. The van der Waals surface area contributed by atoms with E-state index in [0.29, 0.717) is 6.42 Å². The molecule has 0 heterocycles. The Bertz CT molecular complexity index is 445. The highest BCUT2D eigenvalue weighted by molar-refractivity contribution is 5.90. The molecule has 0 unspecified atom stereocenters. The third-order valence-electron chi connectivity index (χ3n) is 2.14. The predicted molar refractivity (Wildman–Crippen MR) is 61.6 cm³/mol. The van der Waals surface area contributed by atoms with Crippen LogP contribution in [0, 0.1) is 10.1 Å². The maximum absolute atomic E-state index is 11.3. The number of nitro benzene ring substituents is 1. The lowest BCUT2D eigenvalue weighted by molar-refractivity contribution is -0.385. The van der Waals surface area contributed by atoms with E-state index < -0.39 is 10.9 Å². The summed E-state index contributed by atoms with van der Waals surface area (Å²) in [6, 6.07) is 3.73. The van der Waals surface area contributed by atoms with E-state index >= 15 is 0 Å². The molecule has 0 saturated heterocycles. The van der Waals surface area contributed by atoms with Crippen molar-refractivity contribution in [2.75, 3.05) is 20.3 Å². The van der Waals surface area contributed by atoms with Crippen molar-refractivity contribution in [2.45, 2.75) is 6.42 Å². The van der Waals surface area contributed by atoms with Crippen LogP contribution in [0.4, 0.5) is 5.69 Å². The van der Waals surface area contributed by atoms with E-state index in [1.807, 2.05) is 0 Å². The van der Waals surface area contributed by atoms with Gasteiger partial charge in [-0.3, -0.25) is 10.1 Å². The lowest BCUT2D eigenvalue weighted by atomic mass is 10.2. The van der Waals surface area contributed by atoms with Gasteiger partial charge in [0.1, 0.15) is 0 Å². The first kappa shape index (κ1) is 13.9. The van der Waals surface area contributed by atoms with Crippen molar-refractivity contribution in [3.63, 3.8) is 0 Å². The first-order valence-corrected chi connectivity index (χ1v) is 5.20. The van der Waals surface area contributed by atoms with Gasteiger partial charge in [-0.15, -0.1) is 0 Å². The Morgan fingerprint density at radius 2 is 2.22 bits per heavy atom. The molecular weight excluding hydrogens is 242 g/mol. The smallest absolute Gasteiger partial charge is 0.337 e. The monoisotopic (exact) mass is 255 g/mol. The van der Waals surface area contributed by atoms with E-state index in [1.54, 1.807) is 0 Å². The fourth-order valence-corrected chi connectivity index (χ4v) is 1.27. The van der Waals surface area contributed by atoms with Crippen LogP contribution in [-0.4, -0.2) is 36.3 Å². The van der Waals surface area contributed by atoms with Gasteiger partial charge in [0.15, 0.2) is 5.75 Å². The van der Waals surface area contributed by atoms with E-state index in [-0.39, 0.29) is 30.2 Å². The van der Waals surface area contributed by atoms with Gasteiger partial charge in [-0.25, -0.2) is 4.79 Å². The summed E-state index contributed by atoms with van der Waals surface area (Å²) in [5.74, 6) is -0.617. The number of aliphatic hydroxyl groups excluding tert-OH is 1. The van der Waals surface area contributed by atoms with Crippen LogP contribution in [0.3, 0.4) is 0 Å². The fourth-order valence-electron chi connectivity index (χ4n) is 1.27. The SMILES string of the molecule is COC(=O)c1ccc([N+](=O)[O-])c(OCCCO)c1. The molecule has 1 N–H and O–H groups in total. The zero-order chi connectivity index (χ0) is 13.5. The number of ether oxygens (including phenoxy) is 2. The van der Waals surface area contributed by atoms with Crippen molar-refractivity contribution in [3.8, 4) is 5.75 Å². The van der Waals surface area contributed by atoms with Gasteiger partial charge in [0.05, 0.1) is 24.2 Å². The third kappa shape index (κ3) is 3.42. The number of carbonyl (C=O) groups excluding carboxylic acids is 1. The quantitative estimate of drug-likeness (QED) is 0.354. The Kier molecular flexibility index (Phi) is 5.06. The molecule has 0 saturated carbocycles. The fraction of sp³-hybridized carbons (Fsp3) is 0.364. The number of hydrogen-bond acceptors (Lipinski definition) is 6. The van der Waals surface area contributed by atoms with Crippen molar-refractivity contribution in [1.29, 1.82) is 0 Å². The summed E-state index contributed by atoms with van der Waals surface area (Å²) in [6.45, 7) is 0.0481. The average Bonchev–Trinajstić information content (AvgIpc) is 2.37. The summed E-state index contributed by atoms with van der Waals surface area (Å²) in [5, 5.41) is 19.4. The second-order valence-corrected chi connectivity index (χ2v) is 3.36. The molecule has 0 spiro atoms. The molecule has 0 fully saturated rings.